The van der Waals surface area contributed by atoms with Gasteiger partial charge in [-0.25, -0.2) is 0 Å². The first-order chi connectivity index (χ1) is 7.22. The molecule has 0 atom stereocenters. The van der Waals surface area contributed by atoms with Crippen molar-refractivity contribution in [3.8, 4) is 5.75 Å². The average molecular weight is 210 g/mol. The van der Waals surface area contributed by atoms with E-state index in [0.29, 0.717) is 17.9 Å². The van der Waals surface area contributed by atoms with Crippen molar-refractivity contribution in [2.45, 2.75) is 6.61 Å². The second-order valence-electron chi connectivity index (χ2n) is 2.95. The largest absolute Gasteiger partial charge is 0.496 e. The van der Waals surface area contributed by atoms with Crippen LogP contribution in [0.2, 0.25) is 0 Å². The first kappa shape index (κ1) is 11.3. The fraction of sp³-hybridized carbons (Fsp3) is 0.300. The summed E-state index contributed by atoms with van der Waals surface area (Å²) in [5, 5.41) is 11.5. The van der Waals surface area contributed by atoms with E-state index in [2.05, 4.69) is 5.16 Å². The maximum absolute atomic E-state index is 8.56. The summed E-state index contributed by atoms with van der Waals surface area (Å²) in [5.41, 5.74) is 7.00. The quantitative estimate of drug-likeness (QED) is 0.335. The molecule has 1 aromatic carbocycles. The van der Waals surface area contributed by atoms with E-state index in [4.69, 9.17) is 20.4 Å². The van der Waals surface area contributed by atoms with E-state index in [1.165, 1.54) is 7.11 Å². The second kappa shape index (κ2) is 5.21. The Hall–Kier alpha value is -1.75. The molecular weight excluding hydrogens is 196 g/mol. The molecule has 0 fully saturated rings. The zero-order chi connectivity index (χ0) is 11.3. The van der Waals surface area contributed by atoms with Gasteiger partial charge in [-0.15, -0.1) is 0 Å². The topological polar surface area (TPSA) is 77.1 Å². The minimum atomic E-state index is 0.0239. The summed E-state index contributed by atoms with van der Waals surface area (Å²) in [6.07, 6.45) is 0. The van der Waals surface area contributed by atoms with Crippen LogP contribution in [-0.2, 0) is 11.3 Å². The molecule has 0 aliphatic rings. The summed E-state index contributed by atoms with van der Waals surface area (Å²) in [5.74, 6) is 0.579. The van der Waals surface area contributed by atoms with Gasteiger partial charge >= 0.3 is 0 Å². The van der Waals surface area contributed by atoms with E-state index in [1.807, 2.05) is 6.07 Å². The van der Waals surface area contributed by atoms with Crippen LogP contribution in [0.25, 0.3) is 0 Å². The summed E-state index contributed by atoms with van der Waals surface area (Å²) >= 11 is 0. The molecule has 1 aromatic rings. The molecule has 1 rings (SSSR count). The highest BCUT2D eigenvalue weighted by Gasteiger charge is 2.08. The van der Waals surface area contributed by atoms with Crippen LogP contribution in [0.4, 0.5) is 0 Å². The van der Waals surface area contributed by atoms with Gasteiger partial charge in [0.25, 0.3) is 0 Å². The third-order valence-corrected chi connectivity index (χ3v) is 1.96. The lowest BCUT2D eigenvalue weighted by atomic mass is 10.1. The lowest BCUT2D eigenvalue weighted by Crippen LogP contribution is -2.14. The van der Waals surface area contributed by atoms with Crippen LogP contribution in [0.3, 0.4) is 0 Å². The van der Waals surface area contributed by atoms with E-state index in [1.54, 1.807) is 19.2 Å². The number of methoxy groups -OCH3 is 2. The van der Waals surface area contributed by atoms with E-state index < -0.39 is 0 Å². The van der Waals surface area contributed by atoms with Gasteiger partial charge in [-0.3, -0.25) is 0 Å². The van der Waals surface area contributed by atoms with Crippen molar-refractivity contribution in [1.82, 2.24) is 0 Å². The first-order valence-corrected chi connectivity index (χ1v) is 4.36. The highest BCUT2D eigenvalue weighted by atomic mass is 16.5. The van der Waals surface area contributed by atoms with Gasteiger partial charge in [-0.2, -0.15) is 0 Å². The lowest BCUT2D eigenvalue weighted by molar-refractivity contribution is 0.184. The third-order valence-electron chi connectivity index (χ3n) is 1.96. The van der Waals surface area contributed by atoms with Crippen LogP contribution in [0.15, 0.2) is 23.4 Å². The van der Waals surface area contributed by atoms with Crippen molar-refractivity contribution in [3.63, 3.8) is 0 Å². The van der Waals surface area contributed by atoms with Crippen molar-refractivity contribution < 1.29 is 14.7 Å². The Balaban J connectivity index is 3.09. The molecule has 82 valence electrons. The molecule has 0 saturated heterocycles. The molecule has 15 heavy (non-hydrogen) atoms. The monoisotopic (exact) mass is 210 g/mol. The number of ether oxygens (including phenoxy) is 2. The molecule has 0 heterocycles. The number of benzene rings is 1. The van der Waals surface area contributed by atoms with Crippen LogP contribution < -0.4 is 10.5 Å². The van der Waals surface area contributed by atoms with E-state index in [-0.39, 0.29) is 5.84 Å². The number of nitrogens with zero attached hydrogens (tertiary/aromatic N) is 1. The number of hydrogen-bond donors (Lipinski definition) is 2. The Morgan fingerprint density at radius 2 is 2.20 bits per heavy atom. The van der Waals surface area contributed by atoms with Crippen molar-refractivity contribution in [2.75, 3.05) is 14.2 Å². The molecule has 0 saturated carbocycles. The minimum Gasteiger partial charge on any atom is -0.496 e. The van der Waals surface area contributed by atoms with Crippen LogP contribution >= 0.6 is 0 Å². The minimum absolute atomic E-state index is 0.0239. The zero-order valence-corrected chi connectivity index (χ0v) is 8.73. The molecule has 0 aliphatic carbocycles. The Kier molecular flexibility index (Phi) is 3.93. The predicted octanol–water partition coefficient (Wildman–Crippen LogP) is 0.936. The van der Waals surface area contributed by atoms with Crippen LogP contribution in [0.5, 0.6) is 5.75 Å². The van der Waals surface area contributed by atoms with Gasteiger partial charge in [-0.05, 0) is 17.7 Å². The van der Waals surface area contributed by atoms with Crippen LogP contribution in [0, 0.1) is 0 Å². The summed E-state index contributed by atoms with van der Waals surface area (Å²) in [4.78, 5) is 0. The normalized spacial score (nSPS) is 11.5. The number of amidine groups is 1. The van der Waals surface area contributed by atoms with Crippen molar-refractivity contribution in [2.24, 2.45) is 10.9 Å². The van der Waals surface area contributed by atoms with Crippen LogP contribution in [-0.4, -0.2) is 25.3 Å². The molecule has 0 spiro atoms. The smallest absolute Gasteiger partial charge is 0.173 e. The maximum Gasteiger partial charge on any atom is 0.173 e. The van der Waals surface area contributed by atoms with E-state index in [9.17, 15) is 0 Å². The average Bonchev–Trinajstić information content (AvgIpc) is 2.28. The van der Waals surface area contributed by atoms with Gasteiger partial charge in [0, 0.05) is 7.11 Å². The third kappa shape index (κ3) is 2.60. The number of oxime groups is 1. The highest BCUT2D eigenvalue weighted by molar-refractivity contribution is 5.99. The molecule has 0 aliphatic heterocycles. The van der Waals surface area contributed by atoms with Crippen molar-refractivity contribution >= 4 is 5.84 Å². The number of nitrogens with two attached hydrogens (primary N) is 1. The summed E-state index contributed by atoms with van der Waals surface area (Å²) in [6, 6.07) is 5.35. The molecule has 0 aromatic heterocycles. The molecule has 5 nitrogen and oxygen atoms in total. The molecule has 3 N–H and O–H groups in total. The van der Waals surface area contributed by atoms with Gasteiger partial charge < -0.3 is 20.4 Å². The fourth-order valence-corrected chi connectivity index (χ4v) is 1.26. The van der Waals surface area contributed by atoms with Crippen molar-refractivity contribution in [1.29, 1.82) is 0 Å². The summed E-state index contributed by atoms with van der Waals surface area (Å²) in [7, 11) is 3.14. The Morgan fingerprint density at radius 3 is 2.73 bits per heavy atom. The summed E-state index contributed by atoms with van der Waals surface area (Å²) < 4.78 is 10.1. The predicted molar refractivity (Wildman–Crippen MR) is 56.2 cm³/mol. The van der Waals surface area contributed by atoms with Crippen LogP contribution in [0.1, 0.15) is 11.1 Å². The highest BCUT2D eigenvalue weighted by Crippen LogP contribution is 2.20. The van der Waals surface area contributed by atoms with Gasteiger partial charge in [0.1, 0.15) is 5.75 Å². The van der Waals surface area contributed by atoms with E-state index in [0.717, 1.165) is 5.56 Å². The van der Waals surface area contributed by atoms with E-state index >= 15 is 0 Å². The lowest BCUT2D eigenvalue weighted by Gasteiger charge is -2.09. The van der Waals surface area contributed by atoms with Gasteiger partial charge in [0.15, 0.2) is 5.84 Å². The first-order valence-electron chi connectivity index (χ1n) is 4.36. The standard InChI is InChI=1S/C10H14N2O3/c1-14-6-7-3-4-8(10(11)12-13)9(5-7)15-2/h3-5,13H,6H2,1-2H3,(H2,11,12). The molecule has 0 radical (unpaired) electrons. The summed E-state index contributed by atoms with van der Waals surface area (Å²) in [6.45, 7) is 0.493. The van der Waals surface area contributed by atoms with Gasteiger partial charge in [-0.1, -0.05) is 11.2 Å². The maximum atomic E-state index is 8.56. The van der Waals surface area contributed by atoms with Gasteiger partial charge in [0.2, 0.25) is 0 Å². The Morgan fingerprint density at radius 1 is 1.47 bits per heavy atom. The zero-order valence-electron chi connectivity index (χ0n) is 8.73. The molecule has 5 heteroatoms. The van der Waals surface area contributed by atoms with Crippen molar-refractivity contribution in [3.05, 3.63) is 29.3 Å². The number of rotatable bonds is 4. The SMILES string of the molecule is COCc1ccc(/C(N)=N\O)c(OC)c1. The Bertz CT molecular complexity index is 364. The second-order valence-corrected chi connectivity index (χ2v) is 2.95. The molecule has 0 bridgehead atoms. The Labute approximate surface area is 88.1 Å². The fourth-order valence-electron chi connectivity index (χ4n) is 1.26. The van der Waals surface area contributed by atoms with Gasteiger partial charge in [0.05, 0.1) is 19.3 Å². The molecular formula is C10H14N2O3. The number of hydrogen-bond acceptors (Lipinski definition) is 4. The molecule has 0 amide bonds. The molecule has 0 unspecified atom stereocenters.